The Balaban J connectivity index is 1.89. The van der Waals surface area contributed by atoms with Crippen LogP contribution in [0.3, 0.4) is 0 Å². The van der Waals surface area contributed by atoms with Crippen LogP contribution in [0, 0.1) is 0 Å². The molecule has 0 unspecified atom stereocenters. The standard InChI is InChI=1S/C18H19ClN4O4S/c1-2-3-8-23-15-6-5-13(28(20,25)26)9-14(15)22-17(23)11-27-18(24)12-4-7-16(19)21-10-12/h4-7,9-10H,2-3,8,11H2,1H3,(H2,20,25,26). The van der Waals surface area contributed by atoms with Crippen molar-refractivity contribution in [3.05, 3.63) is 53.1 Å². The number of fused-ring (bicyclic) bond motifs is 1. The summed E-state index contributed by atoms with van der Waals surface area (Å²) in [7, 11) is -3.83. The Morgan fingerprint density at radius 1 is 1.29 bits per heavy atom. The number of imidazole rings is 1. The minimum atomic E-state index is -3.83. The second-order valence-corrected chi connectivity index (χ2v) is 8.12. The molecule has 0 aliphatic carbocycles. The average molecular weight is 423 g/mol. The van der Waals surface area contributed by atoms with Gasteiger partial charge < -0.3 is 9.30 Å². The van der Waals surface area contributed by atoms with Gasteiger partial charge in [0, 0.05) is 12.7 Å². The number of rotatable bonds is 7. The maximum absolute atomic E-state index is 12.2. The molecule has 0 bridgehead atoms. The van der Waals surface area contributed by atoms with Crippen LogP contribution in [-0.4, -0.2) is 28.9 Å². The number of carbonyl (C=O) groups excluding carboxylic acids is 1. The van der Waals surface area contributed by atoms with Gasteiger partial charge in [0.25, 0.3) is 0 Å². The largest absolute Gasteiger partial charge is 0.454 e. The first-order chi connectivity index (χ1) is 13.3. The molecule has 0 aliphatic heterocycles. The van der Waals surface area contributed by atoms with Crippen LogP contribution in [0.2, 0.25) is 5.15 Å². The quantitative estimate of drug-likeness (QED) is 0.462. The lowest BCUT2D eigenvalue weighted by Crippen LogP contribution is -2.12. The molecule has 0 aliphatic rings. The van der Waals surface area contributed by atoms with Gasteiger partial charge >= 0.3 is 5.97 Å². The highest BCUT2D eigenvalue weighted by Gasteiger charge is 2.16. The number of carbonyl (C=O) groups is 1. The third-order valence-electron chi connectivity index (χ3n) is 4.16. The van der Waals surface area contributed by atoms with Crippen molar-refractivity contribution in [3.63, 3.8) is 0 Å². The fraction of sp³-hybridized carbons (Fsp3) is 0.278. The maximum Gasteiger partial charge on any atom is 0.340 e. The van der Waals surface area contributed by atoms with Crippen molar-refractivity contribution >= 4 is 38.6 Å². The number of unbranched alkanes of at least 4 members (excludes halogenated alkanes) is 1. The summed E-state index contributed by atoms with van der Waals surface area (Å²) in [6.45, 7) is 2.66. The molecule has 2 heterocycles. The molecule has 0 fully saturated rings. The second kappa shape index (κ2) is 8.26. The third kappa shape index (κ3) is 4.49. The third-order valence-corrected chi connectivity index (χ3v) is 5.29. The number of halogens is 1. The number of ether oxygens (including phenoxy) is 1. The van der Waals surface area contributed by atoms with Crippen LogP contribution in [0.1, 0.15) is 35.9 Å². The van der Waals surface area contributed by atoms with E-state index in [1.54, 1.807) is 6.07 Å². The summed E-state index contributed by atoms with van der Waals surface area (Å²) >= 11 is 5.72. The lowest BCUT2D eigenvalue weighted by atomic mass is 10.3. The maximum atomic E-state index is 12.2. The Labute approximate surface area is 167 Å². The first-order valence-electron chi connectivity index (χ1n) is 8.60. The number of pyridine rings is 1. The highest BCUT2D eigenvalue weighted by molar-refractivity contribution is 7.89. The van der Waals surface area contributed by atoms with Gasteiger partial charge in [-0.05, 0) is 36.8 Å². The summed E-state index contributed by atoms with van der Waals surface area (Å²) in [6, 6.07) is 7.55. The number of hydrogen-bond donors (Lipinski definition) is 1. The summed E-state index contributed by atoms with van der Waals surface area (Å²) in [4.78, 5) is 20.5. The van der Waals surface area contributed by atoms with E-state index in [-0.39, 0.29) is 22.2 Å². The van der Waals surface area contributed by atoms with E-state index in [0.29, 0.717) is 17.9 Å². The van der Waals surface area contributed by atoms with E-state index in [1.807, 2.05) is 4.57 Å². The lowest BCUT2D eigenvalue weighted by Gasteiger charge is -2.09. The predicted octanol–water partition coefficient (Wildman–Crippen LogP) is 2.89. The number of nitrogens with two attached hydrogens (primary N) is 1. The molecule has 0 spiro atoms. The van der Waals surface area contributed by atoms with Crippen LogP contribution < -0.4 is 5.14 Å². The molecule has 0 amide bonds. The van der Waals surface area contributed by atoms with Crippen LogP contribution in [0.25, 0.3) is 11.0 Å². The van der Waals surface area contributed by atoms with E-state index in [2.05, 4.69) is 16.9 Å². The van der Waals surface area contributed by atoms with Gasteiger partial charge in [0.1, 0.15) is 17.6 Å². The van der Waals surface area contributed by atoms with Gasteiger partial charge in [0.15, 0.2) is 0 Å². The van der Waals surface area contributed by atoms with E-state index in [1.165, 1.54) is 30.5 Å². The lowest BCUT2D eigenvalue weighted by molar-refractivity contribution is 0.0458. The molecule has 0 atom stereocenters. The van der Waals surface area contributed by atoms with E-state index in [0.717, 1.165) is 18.4 Å². The van der Waals surface area contributed by atoms with Gasteiger partial charge in [-0.15, -0.1) is 0 Å². The first kappa shape index (κ1) is 20.2. The second-order valence-electron chi connectivity index (χ2n) is 6.17. The molecule has 2 N–H and O–H groups in total. The fourth-order valence-electron chi connectivity index (χ4n) is 2.72. The van der Waals surface area contributed by atoms with Crippen LogP contribution in [0.15, 0.2) is 41.4 Å². The van der Waals surface area contributed by atoms with Crippen molar-refractivity contribution < 1.29 is 17.9 Å². The zero-order chi connectivity index (χ0) is 20.3. The smallest absolute Gasteiger partial charge is 0.340 e. The summed E-state index contributed by atoms with van der Waals surface area (Å²) in [5.41, 5.74) is 1.50. The highest BCUT2D eigenvalue weighted by Crippen LogP contribution is 2.21. The van der Waals surface area contributed by atoms with Crippen LogP contribution >= 0.6 is 11.6 Å². The van der Waals surface area contributed by atoms with E-state index < -0.39 is 16.0 Å². The number of primary sulfonamides is 1. The van der Waals surface area contributed by atoms with Crippen molar-refractivity contribution in [1.82, 2.24) is 14.5 Å². The number of aryl methyl sites for hydroxylation is 1. The number of hydrogen-bond acceptors (Lipinski definition) is 6. The number of aromatic nitrogens is 3. The SMILES string of the molecule is CCCCn1c(COC(=O)c2ccc(Cl)nc2)nc2cc(S(N)(=O)=O)ccc21. The van der Waals surface area contributed by atoms with E-state index in [4.69, 9.17) is 21.5 Å². The topological polar surface area (TPSA) is 117 Å². The van der Waals surface area contributed by atoms with Crippen LogP contribution in [0.5, 0.6) is 0 Å². The number of nitrogens with zero attached hydrogens (tertiary/aromatic N) is 3. The molecule has 1 aromatic carbocycles. The van der Waals surface area contributed by atoms with Crippen molar-refractivity contribution in [2.75, 3.05) is 0 Å². The van der Waals surface area contributed by atoms with Crippen LogP contribution in [-0.2, 0) is 27.9 Å². The molecule has 0 saturated heterocycles. The molecule has 0 radical (unpaired) electrons. The molecular formula is C18H19ClN4O4S. The molecule has 3 aromatic rings. The zero-order valence-corrected chi connectivity index (χ0v) is 16.7. The van der Waals surface area contributed by atoms with Gasteiger partial charge in [-0.3, -0.25) is 0 Å². The molecule has 28 heavy (non-hydrogen) atoms. The summed E-state index contributed by atoms with van der Waals surface area (Å²) in [5.74, 6) is -0.0335. The molecular weight excluding hydrogens is 404 g/mol. The van der Waals surface area contributed by atoms with Crippen molar-refractivity contribution in [1.29, 1.82) is 0 Å². The monoisotopic (exact) mass is 422 g/mol. The van der Waals surface area contributed by atoms with Gasteiger partial charge in [0.2, 0.25) is 10.0 Å². The fourth-order valence-corrected chi connectivity index (χ4v) is 3.37. The van der Waals surface area contributed by atoms with Gasteiger partial charge in [-0.1, -0.05) is 24.9 Å². The minimum Gasteiger partial charge on any atom is -0.454 e. The molecule has 2 aromatic heterocycles. The van der Waals surface area contributed by atoms with Crippen molar-refractivity contribution in [3.8, 4) is 0 Å². The normalized spacial score (nSPS) is 11.7. The summed E-state index contributed by atoms with van der Waals surface area (Å²) in [6.07, 6.45) is 3.19. The average Bonchev–Trinajstić information content (AvgIpc) is 3.01. The Morgan fingerprint density at radius 2 is 2.07 bits per heavy atom. The highest BCUT2D eigenvalue weighted by atomic mass is 35.5. The molecule has 8 nitrogen and oxygen atoms in total. The number of sulfonamides is 1. The van der Waals surface area contributed by atoms with Gasteiger partial charge in [-0.2, -0.15) is 0 Å². The zero-order valence-electron chi connectivity index (χ0n) is 15.1. The molecule has 3 rings (SSSR count). The Hall–Kier alpha value is -2.49. The van der Waals surface area contributed by atoms with Gasteiger partial charge in [0.05, 0.1) is 21.5 Å². The molecule has 10 heteroatoms. The Bertz CT molecular complexity index is 1110. The number of esters is 1. The predicted molar refractivity (Wildman–Crippen MR) is 104 cm³/mol. The first-order valence-corrected chi connectivity index (χ1v) is 10.5. The van der Waals surface area contributed by atoms with Crippen molar-refractivity contribution in [2.45, 2.75) is 37.8 Å². The molecule has 148 valence electrons. The van der Waals surface area contributed by atoms with Crippen molar-refractivity contribution in [2.24, 2.45) is 5.14 Å². The molecule has 0 saturated carbocycles. The Morgan fingerprint density at radius 3 is 2.71 bits per heavy atom. The Kier molecular flexibility index (Phi) is 5.97. The number of benzene rings is 1. The van der Waals surface area contributed by atoms with Gasteiger partial charge in [-0.25, -0.2) is 28.3 Å². The summed E-state index contributed by atoms with van der Waals surface area (Å²) < 4.78 is 30.5. The van der Waals surface area contributed by atoms with E-state index in [9.17, 15) is 13.2 Å². The van der Waals surface area contributed by atoms with Crippen LogP contribution in [0.4, 0.5) is 0 Å². The van der Waals surface area contributed by atoms with E-state index >= 15 is 0 Å². The minimum absolute atomic E-state index is 0.0177. The summed E-state index contributed by atoms with van der Waals surface area (Å²) in [5, 5.41) is 5.48.